The van der Waals surface area contributed by atoms with E-state index in [9.17, 15) is 9.59 Å². The first kappa shape index (κ1) is 16.1. The van der Waals surface area contributed by atoms with Crippen LogP contribution in [0.1, 0.15) is 15.9 Å². The smallest absolute Gasteiger partial charge is 0.255 e. The SMILES string of the molecule is CNC(=O)Cc1ccc(NC(=O)c2cc(Cl)c3c(c2)OCO3)cc1. The zero-order valence-electron chi connectivity index (χ0n) is 12.9. The van der Waals surface area contributed by atoms with Crippen LogP contribution in [0.15, 0.2) is 36.4 Å². The Balaban J connectivity index is 1.71. The Bertz CT molecular complexity index is 790. The van der Waals surface area contributed by atoms with Crippen LogP contribution in [0.4, 0.5) is 5.69 Å². The second kappa shape index (κ2) is 6.80. The quantitative estimate of drug-likeness (QED) is 0.892. The summed E-state index contributed by atoms with van der Waals surface area (Å²) in [7, 11) is 1.59. The Hall–Kier alpha value is -2.73. The number of likely N-dealkylation sites (N-methyl/N-ethyl adjacent to an activating group) is 1. The lowest BCUT2D eigenvalue weighted by Crippen LogP contribution is -2.19. The number of ether oxygens (including phenoxy) is 2. The van der Waals surface area contributed by atoms with Crippen LogP contribution in [0.25, 0.3) is 0 Å². The van der Waals surface area contributed by atoms with Gasteiger partial charge in [0.2, 0.25) is 12.7 Å². The third-order valence-corrected chi connectivity index (χ3v) is 3.83. The van der Waals surface area contributed by atoms with Gasteiger partial charge in [0.25, 0.3) is 5.91 Å². The van der Waals surface area contributed by atoms with Crippen molar-refractivity contribution in [2.45, 2.75) is 6.42 Å². The molecule has 1 aliphatic heterocycles. The molecule has 0 radical (unpaired) electrons. The van der Waals surface area contributed by atoms with Crippen LogP contribution in [0, 0.1) is 0 Å². The number of carbonyl (C=O) groups excluding carboxylic acids is 2. The summed E-state index contributed by atoms with van der Waals surface area (Å²) in [4.78, 5) is 23.7. The van der Waals surface area contributed by atoms with Gasteiger partial charge in [0.1, 0.15) is 0 Å². The molecule has 0 saturated heterocycles. The third kappa shape index (κ3) is 3.44. The molecule has 24 heavy (non-hydrogen) atoms. The topological polar surface area (TPSA) is 76.7 Å². The van der Waals surface area contributed by atoms with E-state index < -0.39 is 0 Å². The van der Waals surface area contributed by atoms with Gasteiger partial charge in [0.15, 0.2) is 11.5 Å². The van der Waals surface area contributed by atoms with Crippen LogP contribution in [0.5, 0.6) is 11.5 Å². The zero-order chi connectivity index (χ0) is 17.1. The van der Waals surface area contributed by atoms with E-state index in [-0.39, 0.29) is 18.6 Å². The number of hydrogen-bond donors (Lipinski definition) is 2. The van der Waals surface area contributed by atoms with Crippen LogP contribution in [-0.2, 0) is 11.2 Å². The average Bonchev–Trinajstić information content (AvgIpc) is 3.05. The highest BCUT2D eigenvalue weighted by molar-refractivity contribution is 6.32. The molecule has 2 aromatic rings. The molecule has 0 saturated carbocycles. The van der Waals surface area contributed by atoms with Crippen LogP contribution >= 0.6 is 11.6 Å². The summed E-state index contributed by atoms with van der Waals surface area (Å²) in [5.74, 6) is 0.524. The Morgan fingerprint density at radius 2 is 1.92 bits per heavy atom. The maximum atomic E-state index is 12.3. The van der Waals surface area contributed by atoms with Crippen molar-refractivity contribution in [3.63, 3.8) is 0 Å². The van der Waals surface area contributed by atoms with Gasteiger partial charge in [-0.2, -0.15) is 0 Å². The monoisotopic (exact) mass is 346 g/mol. The Morgan fingerprint density at radius 3 is 2.62 bits per heavy atom. The molecule has 2 N–H and O–H groups in total. The lowest BCUT2D eigenvalue weighted by Gasteiger charge is -2.08. The van der Waals surface area contributed by atoms with Crippen LogP contribution in [0.2, 0.25) is 5.02 Å². The molecule has 0 bridgehead atoms. The fourth-order valence-corrected chi connectivity index (χ4v) is 2.55. The minimum absolute atomic E-state index is 0.0678. The summed E-state index contributed by atoms with van der Waals surface area (Å²) in [6, 6.07) is 10.2. The highest BCUT2D eigenvalue weighted by atomic mass is 35.5. The number of rotatable bonds is 4. The predicted molar refractivity (Wildman–Crippen MR) is 89.7 cm³/mol. The van der Waals surface area contributed by atoms with Crippen LogP contribution < -0.4 is 20.1 Å². The van der Waals surface area contributed by atoms with Crippen molar-refractivity contribution >= 4 is 29.1 Å². The van der Waals surface area contributed by atoms with Gasteiger partial charge in [0, 0.05) is 18.3 Å². The molecule has 0 fully saturated rings. The molecule has 0 aromatic heterocycles. The minimum Gasteiger partial charge on any atom is -0.454 e. The van der Waals surface area contributed by atoms with Crippen molar-refractivity contribution in [2.24, 2.45) is 0 Å². The van der Waals surface area contributed by atoms with Crippen molar-refractivity contribution < 1.29 is 19.1 Å². The first-order valence-corrected chi connectivity index (χ1v) is 7.64. The van der Waals surface area contributed by atoms with Crippen LogP contribution in [0.3, 0.4) is 0 Å². The summed E-state index contributed by atoms with van der Waals surface area (Å²) < 4.78 is 10.5. The largest absolute Gasteiger partial charge is 0.454 e. The van der Waals surface area contributed by atoms with Crippen molar-refractivity contribution in [3.8, 4) is 11.5 Å². The summed E-state index contributed by atoms with van der Waals surface area (Å²) in [5.41, 5.74) is 1.85. The molecule has 2 amide bonds. The van der Waals surface area contributed by atoms with Crippen LogP contribution in [-0.4, -0.2) is 25.7 Å². The maximum absolute atomic E-state index is 12.3. The van der Waals surface area contributed by atoms with Gasteiger partial charge in [-0.1, -0.05) is 23.7 Å². The van der Waals surface area contributed by atoms with E-state index in [1.165, 1.54) is 6.07 Å². The van der Waals surface area contributed by atoms with Gasteiger partial charge in [-0.3, -0.25) is 9.59 Å². The fraction of sp³-hybridized carbons (Fsp3) is 0.176. The molecule has 6 nitrogen and oxygen atoms in total. The summed E-state index contributed by atoms with van der Waals surface area (Å²) >= 11 is 6.08. The number of hydrogen-bond acceptors (Lipinski definition) is 4. The fourth-order valence-electron chi connectivity index (χ4n) is 2.28. The number of fused-ring (bicyclic) bond motifs is 1. The van der Waals surface area contributed by atoms with Gasteiger partial charge in [-0.05, 0) is 29.8 Å². The maximum Gasteiger partial charge on any atom is 0.255 e. The van der Waals surface area contributed by atoms with Crippen molar-refractivity contribution in [3.05, 3.63) is 52.5 Å². The lowest BCUT2D eigenvalue weighted by molar-refractivity contribution is -0.119. The van der Waals surface area contributed by atoms with Crippen molar-refractivity contribution in [2.75, 3.05) is 19.2 Å². The molecule has 2 aromatic carbocycles. The number of benzene rings is 2. The molecule has 1 heterocycles. The summed E-state index contributed by atoms with van der Waals surface area (Å²) in [6.07, 6.45) is 0.294. The number of nitrogens with one attached hydrogen (secondary N) is 2. The Morgan fingerprint density at radius 1 is 1.17 bits per heavy atom. The van der Waals surface area contributed by atoms with E-state index >= 15 is 0 Å². The molecule has 1 aliphatic rings. The summed E-state index contributed by atoms with van der Waals surface area (Å²) in [5, 5.41) is 5.67. The number of amides is 2. The normalized spacial score (nSPS) is 11.9. The minimum atomic E-state index is -0.311. The number of anilines is 1. The number of halogens is 1. The van der Waals surface area contributed by atoms with E-state index in [1.54, 1.807) is 37.4 Å². The molecule has 7 heteroatoms. The van der Waals surface area contributed by atoms with Gasteiger partial charge in [0.05, 0.1) is 11.4 Å². The first-order chi connectivity index (χ1) is 11.6. The molecular weight excluding hydrogens is 332 g/mol. The summed E-state index contributed by atoms with van der Waals surface area (Å²) in [6.45, 7) is 0.0902. The molecular formula is C17H15ClN2O4. The average molecular weight is 347 g/mol. The van der Waals surface area contributed by atoms with E-state index in [1.807, 2.05) is 0 Å². The van der Waals surface area contributed by atoms with Crippen molar-refractivity contribution in [1.29, 1.82) is 0 Å². The zero-order valence-corrected chi connectivity index (χ0v) is 13.6. The van der Waals surface area contributed by atoms with Gasteiger partial charge >= 0.3 is 0 Å². The molecule has 0 aliphatic carbocycles. The molecule has 0 unspecified atom stereocenters. The molecule has 0 atom stereocenters. The van der Waals surface area contributed by atoms with Gasteiger partial charge < -0.3 is 20.1 Å². The Labute approximate surface area is 143 Å². The second-order valence-corrected chi connectivity index (χ2v) is 5.60. The molecule has 124 valence electrons. The lowest BCUT2D eigenvalue weighted by atomic mass is 10.1. The van der Waals surface area contributed by atoms with E-state index in [4.69, 9.17) is 21.1 Å². The molecule has 0 spiro atoms. The van der Waals surface area contributed by atoms with Gasteiger partial charge in [-0.25, -0.2) is 0 Å². The van der Waals surface area contributed by atoms with E-state index in [0.29, 0.717) is 34.2 Å². The highest BCUT2D eigenvalue weighted by Crippen LogP contribution is 2.39. The Kier molecular flexibility index (Phi) is 4.57. The second-order valence-electron chi connectivity index (χ2n) is 5.19. The number of carbonyl (C=O) groups is 2. The van der Waals surface area contributed by atoms with E-state index in [2.05, 4.69) is 10.6 Å². The highest BCUT2D eigenvalue weighted by Gasteiger charge is 2.20. The standard InChI is InChI=1S/C17H15ClN2O4/c1-19-15(21)6-10-2-4-12(5-3-10)20-17(22)11-7-13(18)16-14(8-11)23-9-24-16/h2-5,7-8H,6,9H2,1H3,(H,19,21)(H,20,22). The third-order valence-electron chi connectivity index (χ3n) is 3.54. The molecule has 3 rings (SSSR count). The predicted octanol–water partition coefficient (Wildman–Crippen LogP) is 2.61. The van der Waals surface area contributed by atoms with Gasteiger partial charge in [-0.15, -0.1) is 0 Å². The van der Waals surface area contributed by atoms with E-state index in [0.717, 1.165) is 5.56 Å². The first-order valence-electron chi connectivity index (χ1n) is 7.27. The van der Waals surface area contributed by atoms with Crippen molar-refractivity contribution in [1.82, 2.24) is 5.32 Å².